The van der Waals surface area contributed by atoms with Gasteiger partial charge in [0.05, 0.1) is 0 Å². The molecule has 1 fully saturated rings. The molecule has 3 rings (SSSR count). The average molecular weight is 573 g/mol. The van der Waals surface area contributed by atoms with E-state index in [-0.39, 0.29) is 30.3 Å². The highest BCUT2D eigenvalue weighted by atomic mass is 19.4. The highest BCUT2D eigenvalue weighted by Gasteiger charge is 2.68. The number of esters is 1. The molecular formula is C30H34F6O4. The van der Waals surface area contributed by atoms with Gasteiger partial charge in [0.1, 0.15) is 18.5 Å². The molecular weight excluding hydrogens is 538 g/mol. The Hall–Kier alpha value is -3.01. The number of carbonyl (C=O) groups excluding carboxylic acids is 1. The first-order chi connectivity index (χ1) is 18.6. The van der Waals surface area contributed by atoms with Crippen molar-refractivity contribution in [2.24, 2.45) is 0 Å². The summed E-state index contributed by atoms with van der Waals surface area (Å²) in [5.41, 5.74) is -2.13. The van der Waals surface area contributed by atoms with Crippen LogP contribution in [0.4, 0.5) is 26.3 Å². The predicted molar refractivity (Wildman–Crippen MR) is 139 cm³/mol. The fraction of sp³-hybridized carbons (Fsp3) is 0.500. The number of alkyl halides is 6. The first-order valence-electron chi connectivity index (χ1n) is 13.2. The lowest BCUT2D eigenvalue weighted by Gasteiger charge is -2.34. The quantitative estimate of drug-likeness (QED) is 0.247. The van der Waals surface area contributed by atoms with Crippen LogP contribution in [-0.4, -0.2) is 41.7 Å². The molecule has 2 aromatic rings. The van der Waals surface area contributed by atoms with Crippen molar-refractivity contribution in [1.29, 1.82) is 0 Å². The lowest BCUT2D eigenvalue weighted by Crippen LogP contribution is -2.55. The molecule has 1 N–H and O–H groups in total. The summed E-state index contributed by atoms with van der Waals surface area (Å²) in [7, 11) is 0. The van der Waals surface area contributed by atoms with Gasteiger partial charge in [0, 0.05) is 11.8 Å². The van der Waals surface area contributed by atoms with E-state index >= 15 is 0 Å². The van der Waals surface area contributed by atoms with Crippen LogP contribution in [0.3, 0.4) is 0 Å². The minimum absolute atomic E-state index is 0.125. The van der Waals surface area contributed by atoms with Crippen LogP contribution in [0.2, 0.25) is 0 Å². The molecule has 1 saturated heterocycles. The SMILES string of the molecule is CCC(CC)(c1ccc(C=CC(O)(C(F)(F)F)C(F)(F)F)c(C)c1)c1ccc(OC[C@@H]2CCCC(=O)O2)c(C)c1. The van der Waals surface area contributed by atoms with Crippen molar-refractivity contribution in [3.05, 3.63) is 70.3 Å². The molecule has 0 saturated carbocycles. The number of ether oxygens (including phenoxy) is 2. The van der Waals surface area contributed by atoms with Crippen LogP contribution in [0, 0.1) is 13.8 Å². The number of halogens is 6. The molecule has 0 unspecified atom stereocenters. The Labute approximate surface area is 230 Å². The molecule has 0 aliphatic carbocycles. The van der Waals surface area contributed by atoms with Crippen molar-refractivity contribution in [3.63, 3.8) is 0 Å². The van der Waals surface area contributed by atoms with Gasteiger partial charge in [-0.2, -0.15) is 26.3 Å². The summed E-state index contributed by atoms with van der Waals surface area (Å²) in [5.74, 6) is 0.431. The molecule has 1 atom stereocenters. The van der Waals surface area contributed by atoms with E-state index < -0.39 is 23.4 Å². The third-order valence-electron chi connectivity index (χ3n) is 7.76. The van der Waals surface area contributed by atoms with Gasteiger partial charge in [0.2, 0.25) is 0 Å². The van der Waals surface area contributed by atoms with Gasteiger partial charge in [-0.15, -0.1) is 0 Å². The van der Waals surface area contributed by atoms with E-state index in [1.54, 1.807) is 19.1 Å². The summed E-state index contributed by atoms with van der Waals surface area (Å²) < 4.78 is 89.7. The van der Waals surface area contributed by atoms with Gasteiger partial charge in [0.15, 0.2) is 0 Å². The Morgan fingerprint density at radius 2 is 1.52 bits per heavy atom. The number of benzene rings is 2. The molecule has 0 amide bonds. The normalized spacial score (nSPS) is 17.3. The second-order valence-electron chi connectivity index (χ2n) is 10.3. The topological polar surface area (TPSA) is 55.8 Å². The van der Waals surface area contributed by atoms with Crippen molar-refractivity contribution in [3.8, 4) is 5.75 Å². The number of aryl methyl sites for hydroxylation is 2. The summed E-state index contributed by atoms with van der Waals surface area (Å²) in [6.07, 6.45) is -8.46. The van der Waals surface area contributed by atoms with E-state index in [2.05, 4.69) is 0 Å². The highest BCUT2D eigenvalue weighted by Crippen LogP contribution is 2.45. The van der Waals surface area contributed by atoms with Crippen LogP contribution in [0.25, 0.3) is 6.08 Å². The Kier molecular flexibility index (Phi) is 9.33. The fourth-order valence-corrected chi connectivity index (χ4v) is 5.14. The van der Waals surface area contributed by atoms with Crippen molar-refractivity contribution in [2.45, 2.75) is 89.3 Å². The number of carbonyl (C=O) groups is 1. The van der Waals surface area contributed by atoms with E-state index in [9.17, 15) is 36.2 Å². The van der Waals surface area contributed by atoms with Gasteiger partial charge in [0.25, 0.3) is 5.60 Å². The average Bonchev–Trinajstić information content (AvgIpc) is 2.87. The minimum atomic E-state index is -5.93. The third kappa shape index (κ3) is 6.32. The molecule has 2 aromatic carbocycles. The van der Waals surface area contributed by atoms with Crippen LogP contribution in [0.1, 0.15) is 73.8 Å². The minimum Gasteiger partial charge on any atom is -0.489 e. The van der Waals surface area contributed by atoms with E-state index in [1.807, 2.05) is 39.0 Å². The van der Waals surface area contributed by atoms with Crippen molar-refractivity contribution in [1.82, 2.24) is 0 Å². The fourth-order valence-electron chi connectivity index (χ4n) is 5.14. The van der Waals surface area contributed by atoms with Crippen LogP contribution < -0.4 is 4.74 Å². The van der Waals surface area contributed by atoms with Crippen LogP contribution >= 0.6 is 0 Å². The Morgan fingerprint density at radius 1 is 0.950 bits per heavy atom. The van der Waals surface area contributed by atoms with Gasteiger partial charge < -0.3 is 14.6 Å². The smallest absolute Gasteiger partial charge is 0.430 e. The van der Waals surface area contributed by atoms with E-state index in [4.69, 9.17) is 9.47 Å². The van der Waals surface area contributed by atoms with Gasteiger partial charge in [-0.05, 0) is 79.5 Å². The molecule has 1 heterocycles. The molecule has 1 aliphatic heterocycles. The molecule has 40 heavy (non-hydrogen) atoms. The maximum atomic E-state index is 13.1. The van der Waals surface area contributed by atoms with E-state index in [0.29, 0.717) is 36.7 Å². The molecule has 220 valence electrons. The second kappa shape index (κ2) is 11.8. The number of aliphatic hydroxyl groups is 1. The monoisotopic (exact) mass is 572 g/mol. The molecule has 0 bridgehead atoms. The van der Waals surface area contributed by atoms with Crippen LogP contribution in [-0.2, 0) is 14.9 Å². The maximum absolute atomic E-state index is 13.1. The summed E-state index contributed by atoms with van der Waals surface area (Å²) in [5, 5.41) is 9.45. The Bertz CT molecular complexity index is 1210. The molecule has 0 spiro atoms. The zero-order chi connectivity index (χ0) is 29.9. The van der Waals surface area contributed by atoms with Gasteiger partial charge in [-0.1, -0.05) is 50.3 Å². The Morgan fingerprint density at radius 3 is 2.02 bits per heavy atom. The van der Waals surface area contributed by atoms with Crippen molar-refractivity contribution < 1.29 is 45.7 Å². The van der Waals surface area contributed by atoms with Gasteiger partial charge in [-0.3, -0.25) is 4.79 Å². The third-order valence-corrected chi connectivity index (χ3v) is 7.76. The standard InChI is InChI=1S/C30H34F6O4/c1-5-27(6-2,23-12-13-25(20(4)17-23)39-18-24-8-7-9-26(37)40-24)22-11-10-21(19(3)16-22)14-15-28(38,29(31,32)33)30(34,35)36/h10-17,24,38H,5-9,18H2,1-4H3/t24-/m0/s1. The molecule has 0 radical (unpaired) electrons. The van der Waals surface area contributed by atoms with E-state index in [0.717, 1.165) is 29.5 Å². The first-order valence-corrected chi connectivity index (χ1v) is 13.2. The summed E-state index contributed by atoms with van der Waals surface area (Å²) in [6, 6.07) is 10.7. The van der Waals surface area contributed by atoms with Crippen LogP contribution in [0.15, 0.2) is 42.5 Å². The van der Waals surface area contributed by atoms with Crippen LogP contribution in [0.5, 0.6) is 5.75 Å². The Balaban J connectivity index is 1.89. The van der Waals surface area contributed by atoms with Crippen molar-refractivity contribution >= 4 is 12.0 Å². The zero-order valence-corrected chi connectivity index (χ0v) is 22.9. The highest BCUT2D eigenvalue weighted by molar-refractivity contribution is 5.70. The predicted octanol–water partition coefficient (Wildman–Crippen LogP) is 7.75. The summed E-state index contributed by atoms with van der Waals surface area (Å²) in [4.78, 5) is 11.5. The number of hydrogen-bond donors (Lipinski definition) is 1. The maximum Gasteiger partial charge on any atom is 0.430 e. The summed E-state index contributed by atoms with van der Waals surface area (Å²) in [6.45, 7) is 7.78. The second-order valence-corrected chi connectivity index (χ2v) is 10.3. The summed E-state index contributed by atoms with van der Waals surface area (Å²) >= 11 is 0. The lowest BCUT2D eigenvalue weighted by molar-refractivity contribution is -0.347. The van der Waals surface area contributed by atoms with Gasteiger partial charge in [-0.25, -0.2) is 0 Å². The number of rotatable bonds is 9. The molecule has 0 aromatic heterocycles. The molecule has 4 nitrogen and oxygen atoms in total. The zero-order valence-electron chi connectivity index (χ0n) is 22.9. The largest absolute Gasteiger partial charge is 0.489 e. The number of cyclic esters (lactones) is 1. The lowest BCUT2D eigenvalue weighted by atomic mass is 9.70. The van der Waals surface area contributed by atoms with E-state index in [1.165, 1.54) is 6.07 Å². The first kappa shape index (κ1) is 31.5. The molecule has 10 heteroatoms. The molecule has 1 aliphatic rings. The van der Waals surface area contributed by atoms with Crippen molar-refractivity contribution in [2.75, 3.05) is 6.61 Å². The number of hydrogen-bond acceptors (Lipinski definition) is 4. The van der Waals surface area contributed by atoms with Gasteiger partial charge >= 0.3 is 18.3 Å².